The molecule has 160 valence electrons. The van der Waals surface area contributed by atoms with Gasteiger partial charge in [0.05, 0.1) is 28.5 Å². The van der Waals surface area contributed by atoms with E-state index < -0.39 is 24.5 Å². The summed E-state index contributed by atoms with van der Waals surface area (Å²) in [6.07, 6.45) is 0.254. The zero-order chi connectivity index (χ0) is 22.5. The van der Waals surface area contributed by atoms with Crippen LogP contribution < -0.4 is 11.1 Å². The largest absolute Gasteiger partial charge is 0.480 e. The highest BCUT2D eigenvalue weighted by molar-refractivity contribution is 5.87. The fourth-order valence-electron chi connectivity index (χ4n) is 3.46. The van der Waals surface area contributed by atoms with Crippen LogP contribution in [0.4, 0.5) is 0 Å². The zero-order valence-corrected chi connectivity index (χ0v) is 17.2. The van der Waals surface area contributed by atoms with E-state index in [1.165, 1.54) is 0 Å². The highest BCUT2D eigenvalue weighted by Crippen LogP contribution is 2.31. The van der Waals surface area contributed by atoms with E-state index in [0.717, 1.165) is 33.6 Å². The summed E-state index contributed by atoms with van der Waals surface area (Å²) in [6.45, 7) is -0.460. The lowest BCUT2D eigenvalue weighted by Crippen LogP contribution is -2.43. The molecule has 7 nitrogen and oxygen atoms in total. The molecule has 32 heavy (non-hydrogen) atoms. The van der Waals surface area contributed by atoms with E-state index in [2.05, 4.69) is 5.32 Å². The van der Waals surface area contributed by atoms with Crippen LogP contribution in [0, 0.1) is 0 Å². The molecule has 0 saturated heterocycles. The number of carbonyl (C=O) groups excluding carboxylic acids is 1. The van der Waals surface area contributed by atoms with Crippen molar-refractivity contribution in [3.05, 3.63) is 84.4 Å². The summed E-state index contributed by atoms with van der Waals surface area (Å²) >= 11 is 0. The Morgan fingerprint density at radius 2 is 1.41 bits per heavy atom. The molecule has 4 rings (SSSR count). The number of nitrogens with two attached hydrogens (primary N) is 1. The summed E-state index contributed by atoms with van der Waals surface area (Å²) in [5.74, 6) is -1.63. The molecule has 0 aliphatic heterocycles. The standard InChI is InChI=1S/C25H22N4O3/c26-19(25(32)27-15-22(30)31)13-16-11-12-20-21(14-16)29-24(18-9-5-2-6-10-18)23(28-20)17-7-3-1-4-8-17/h1-12,14,19H,13,15,26H2,(H,27,32)(H,30,31)/t19-/m0/s1. The molecule has 4 N–H and O–H groups in total. The minimum Gasteiger partial charge on any atom is -0.480 e. The van der Waals surface area contributed by atoms with Crippen molar-refractivity contribution in [1.29, 1.82) is 0 Å². The molecule has 1 aromatic heterocycles. The summed E-state index contributed by atoms with van der Waals surface area (Å²) < 4.78 is 0. The Labute approximate surface area is 184 Å². The summed E-state index contributed by atoms with van der Waals surface area (Å²) in [7, 11) is 0. The van der Waals surface area contributed by atoms with Gasteiger partial charge in [-0.15, -0.1) is 0 Å². The van der Waals surface area contributed by atoms with Gasteiger partial charge < -0.3 is 16.2 Å². The van der Waals surface area contributed by atoms with Crippen molar-refractivity contribution >= 4 is 22.9 Å². The Hall–Kier alpha value is -4.10. The first-order chi connectivity index (χ1) is 15.5. The third kappa shape index (κ3) is 4.79. The molecule has 0 radical (unpaired) electrons. The van der Waals surface area contributed by atoms with Crippen LogP contribution in [0.3, 0.4) is 0 Å². The Bertz CT molecular complexity index is 1260. The summed E-state index contributed by atoms with van der Waals surface area (Å²) in [6, 6.07) is 24.5. The Kier molecular flexibility index (Phi) is 6.19. The average Bonchev–Trinajstić information content (AvgIpc) is 2.82. The molecule has 1 heterocycles. The van der Waals surface area contributed by atoms with E-state index in [1.54, 1.807) is 0 Å². The van der Waals surface area contributed by atoms with E-state index in [4.69, 9.17) is 20.8 Å². The van der Waals surface area contributed by atoms with Crippen LogP contribution in [0.5, 0.6) is 0 Å². The van der Waals surface area contributed by atoms with Crippen LogP contribution in [-0.4, -0.2) is 39.5 Å². The van der Waals surface area contributed by atoms with Crippen molar-refractivity contribution in [2.45, 2.75) is 12.5 Å². The van der Waals surface area contributed by atoms with Crippen molar-refractivity contribution in [3.63, 3.8) is 0 Å². The third-order valence-corrected chi connectivity index (χ3v) is 5.03. The minimum absolute atomic E-state index is 0.254. The van der Waals surface area contributed by atoms with Gasteiger partial charge in [0, 0.05) is 11.1 Å². The van der Waals surface area contributed by atoms with Gasteiger partial charge in [0.2, 0.25) is 5.91 Å². The number of rotatable bonds is 7. The minimum atomic E-state index is -1.12. The predicted molar refractivity (Wildman–Crippen MR) is 123 cm³/mol. The molecular weight excluding hydrogens is 404 g/mol. The van der Waals surface area contributed by atoms with Crippen LogP contribution in [0.15, 0.2) is 78.9 Å². The van der Waals surface area contributed by atoms with Crippen LogP contribution in [-0.2, 0) is 16.0 Å². The number of carboxylic acid groups (broad SMARTS) is 1. The molecular formula is C25H22N4O3. The van der Waals surface area contributed by atoms with Crippen LogP contribution >= 0.6 is 0 Å². The molecule has 0 unspecified atom stereocenters. The first kappa shape index (κ1) is 21.1. The van der Waals surface area contributed by atoms with Gasteiger partial charge in [-0.05, 0) is 24.1 Å². The summed E-state index contributed by atoms with van der Waals surface area (Å²) in [5, 5.41) is 11.0. The van der Waals surface area contributed by atoms with Crippen molar-refractivity contribution in [3.8, 4) is 22.5 Å². The number of hydrogen-bond donors (Lipinski definition) is 3. The Morgan fingerprint density at radius 3 is 1.97 bits per heavy atom. The maximum Gasteiger partial charge on any atom is 0.322 e. The quantitative estimate of drug-likeness (QED) is 0.418. The number of fused-ring (bicyclic) bond motifs is 1. The first-order valence-corrected chi connectivity index (χ1v) is 10.2. The second-order valence-corrected chi connectivity index (χ2v) is 7.40. The number of benzene rings is 3. The maximum absolute atomic E-state index is 12.0. The normalized spacial score (nSPS) is 11.8. The van der Waals surface area contributed by atoms with Crippen molar-refractivity contribution in [1.82, 2.24) is 15.3 Å². The molecule has 0 fully saturated rings. The molecule has 0 saturated carbocycles. The molecule has 3 aromatic carbocycles. The third-order valence-electron chi connectivity index (χ3n) is 5.03. The number of amides is 1. The number of carbonyl (C=O) groups is 2. The molecule has 0 aliphatic rings. The number of aliphatic carboxylic acids is 1. The van der Waals surface area contributed by atoms with Crippen molar-refractivity contribution in [2.75, 3.05) is 6.54 Å². The maximum atomic E-state index is 12.0. The highest BCUT2D eigenvalue weighted by Gasteiger charge is 2.17. The Balaban J connectivity index is 1.71. The van der Waals surface area contributed by atoms with Gasteiger partial charge in [-0.3, -0.25) is 9.59 Å². The van der Waals surface area contributed by atoms with E-state index in [-0.39, 0.29) is 6.42 Å². The van der Waals surface area contributed by atoms with Gasteiger partial charge in [0.1, 0.15) is 6.54 Å². The summed E-state index contributed by atoms with van der Waals surface area (Å²) in [4.78, 5) is 32.5. The fraction of sp³-hybridized carbons (Fsp3) is 0.120. The molecule has 4 aromatic rings. The van der Waals surface area contributed by atoms with Gasteiger partial charge in [0.15, 0.2) is 0 Å². The second-order valence-electron chi connectivity index (χ2n) is 7.40. The van der Waals surface area contributed by atoms with Gasteiger partial charge in [-0.25, -0.2) is 9.97 Å². The van der Waals surface area contributed by atoms with Gasteiger partial charge in [-0.2, -0.15) is 0 Å². The highest BCUT2D eigenvalue weighted by atomic mass is 16.4. The summed E-state index contributed by atoms with van der Waals surface area (Å²) in [5.41, 5.74) is 11.7. The van der Waals surface area contributed by atoms with E-state index in [0.29, 0.717) is 5.52 Å². The lowest BCUT2D eigenvalue weighted by atomic mass is 10.0. The molecule has 1 atom stereocenters. The fourth-order valence-corrected chi connectivity index (χ4v) is 3.46. The van der Waals surface area contributed by atoms with Gasteiger partial charge >= 0.3 is 5.97 Å². The lowest BCUT2D eigenvalue weighted by Gasteiger charge is -2.13. The van der Waals surface area contributed by atoms with Gasteiger partial charge in [-0.1, -0.05) is 66.7 Å². The molecule has 1 amide bonds. The topological polar surface area (TPSA) is 118 Å². The number of hydrogen-bond acceptors (Lipinski definition) is 5. The van der Waals surface area contributed by atoms with Crippen LogP contribution in [0.2, 0.25) is 0 Å². The predicted octanol–water partition coefficient (Wildman–Crippen LogP) is 3.03. The molecule has 0 bridgehead atoms. The lowest BCUT2D eigenvalue weighted by molar-refractivity contribution is -0.138. The van der Waals surface area contributed by atoms with E-state index >= 15 is 0 Å². The van der Waals surface area contributed by atoms with Crippen molar-refractivity contribution < 1.29 is 14.7 Å². The number of aromatic nitrogens is 2. The SMILES string of the molecule is N[C@@H](Cc1ccc2nc(-c3ccccc3)c(-c3ccccc3)nc2c1)C(=O)NCC(=O)O. The zero-order valence-electron chi connectivity index (χ0n) is 17.2. The molecule has 0 spiro atoms. The van der Waals surface area contributed by atoms with Crippen LogP contribution in [0.1, 0.15) is 5.56 Å². The smallest absolute Gasteiger partial charge is 0.322 e. The van der Waals surface area contributed by atoms with E-state index in [9.17, 15) is 9.59 Å². The number of nitrogens with one attached hydrogen (secondary N) is 1. The molecule has 7 heteroatoms. The van der Waals surface area contributed by atoms with Gasteiger partial charge in [0.25, 0.3) is 0 Å². The first-order valence-electron chi connectivity index (χ1n) is 10.2. The average molecular weight is 426 g/mol. The van der Waals surface area contributed by atoms with E-state index in [1.807, 2.05) is 78.9 Å². The Morgan fingerprint density at radius 1 is 0.844 bits per heavy atom. The number of carboxylic acids is 1. The second kappa shape index (κ2) is 9.36. The monoisotopic (exact) mass is 426 g/mol. The number of nitrogens with zero attached hydrogens (tertiary/aromatic N) is 2. The van der Waals surface area contributed by atoms with Crippen LogP contribution in [0.25, 0.3) is 33.5 Å². The van der Waals surface area contributed by atoms with Crippen molar-refractivity contribution in [2.24, 2.45) is 5.73 Å². The molecule has 0 aliphatic carbocycles.